The van der Waals surface area contributed by atoms with Gasteiger partial charge in [-0.15, -0.1) is 0 Å². The Morgan fingerprint density at radius 3 is 2.72 bits per heavy atom. The van der Waals surface area contributed by atoms with E-state index in [9.17, 15) is 9.90 Å². The second kappa shape index (κ2) is 9.03. The molecule has 0 saturated carbocycles. The minimum absolute atomic E-state index is 0.174. The Kier molecular flexibility index (Phi) is 6.03. The van der Waals surface area contributed by atoms with Crippen molar-refractivity contribution in [3.63, 3.8) is 0 Å². The fourth-order valence-electron chi connectivity index (χ4n) is 3.68. The van der Waals surface area contributed by atoms with Crippen LogP contribution in [0, 0.1) is 5.92 Å². The molecular weight excluding hydrogens is 366 g/mol. The van der Waals surface area contributed by atoms with Gasteiger partial charge in [0.25, 0.3) is 5.91 Å². The van der Waals surface area contributed by atoms with Crippen molar-refractivity contribution >= 4 is 5.91 Å². The maximum Gasteiger partial charge on any atom is 0.251 e. The molecule has 2 aromatic carbocycles. The van der Waals surface area contributed by atoms with E-state index in [1.807, 2.05) is 59.3 Å². The molecule has 1 fully saturated rings. The van der Waals surface area contributed by atoms with E-state index in [0.717, 1.165) is 29.8 Å². The summed E-state index contributed by atoms with van der Waals surface area (Å²) in [6.45, 7) is 1.58. The molecule has 4 rings (SSSR count). The SMILES string of the molecule is O=C(NCC(O)C1CCOCC1)c1cccc(-n2nccc2-c2ccccc2)c1. The van der Waals surface area contributed by atoms with Crippen LogP contribution in [-0.4, -0.2) is 46.7 Å². The monoisotopic (exact) mass is 391 g/mol. The number of rotatable bonds is 6. The Balaban J connectivity index is 1.47. The van der Waals surface area contributed by atoms with Gasteiger partial charge < -0.3 is 15.2 Å². The molecule has 29 heavy (non-hydrogen) atoms. The number of carbonyl (C=O) groups excluding carboxylic acids is 1. The van der Waals surface area contributed by atoms with E-state index in [-0.39, 0.29) is 18.4 Å². The minimum atomic E-state index is -0.554. The molecule has 1 aromatic heterocycles. The number of aromatic nitrogens is 2. The molecule has 1 saturated heterocycles. The van der Waals surface area contributed by atoms with Gasteiger partial charge in [-0.25, -0.2) is 4.68 Å². The second-order valence-electron chi connectivity index (χ2n) is 7.27. The van der Waals surface area contributed by atoms with Crippen molar-refractivity contribution in [3.8, 4) is 16.9 Å². The topological polar surface area (TPSA) is 76.4 Å². The summed E-state index contributed by atoms with van der Waals surface area (Å²) < 4.78 is 7.15. The van der Waals surface area contributed by atoms with Crippen molar-refractivity contribution in [1.82, 2.24) is 15.1 Å². The molecule has 6 heteroatoms. The predicted molar refractivity (Wildman–Crippen MR) is 111 cm³/mol. The van der Waals surface area contributed by atoms with Crippen LogP contribution >= 0.6 is 0 Å². The molecule has 2 heterocycles. The molecule has 6 nitrogen and oxygen atoms in total. The van der Waals surface area contributed by atoms with Gasteiger partial charge >= 0.3 is 0 Å². The van der Waals surface area contributed by atoms with Crippen LogP contribution in [0.5, 0.6) is 0 Å². The van der Waals surface area contributed by atoms with E-state index in [1.54, 1.807) is 12.3 Å². The number of nitrogens with zero attached hydrogens (tertiary/aromatic N) is 2. The van der Waals surface area contributed by atoms with E-state index in [1.165, 1.54) is 0 Å². The molecule has 1 aliphatic rings. The first-order valence-corrected chi connectivity index (χ1v) is 9.96. The van der Waals surface area contributed by atoms with Crippen molar-refractivity contribution in [3.05, 3.63) is 72.4 Å². The third kappa shape index (κ3) is 4.55. The maximum atomic E-state index is 12.6. The highest BCUT2D eigenvalue weighted by molar-refractivity contribution is 5.94. The number of aliphatic hydroxyl groups excluding tert-OH is 1. The van der Waals surface area contributed by atoms with Crippen LogP contribution < -0.4 is 5.32 Å². The quantitative estimate of drug-likeness (QED) is 0.677. The lowest BCUT2D eigenvalue weighted by Crippen LogP contribution is -2.38. The Bertz CT molecular complexity index is 949. The first kappa shape index (κ1) is 19.4. The van der Waals surface area contributed by atoms with Gasteiger partial charge in [-0.2, -0.15) is 5.10 Å². The van der Waals surface area contributed by atoms with Gasteiger partial charge in [0.2, 0.25) is 0 Å². The molecule has 2 N–H and O–H groups in total. The first-order valence-electron chi connectivity index (χ1n) is 9.96. The summed E-state index contributed by atoms with van der Waals surface area (Å²) in [6.07, 6.45) is 2.85. The number of benzene rings is 2. The highest BCUT2D eigenvalue weighted by atomic mass is 16.5. The summed E-state index contributed by atoms with van der Waals surface area (Å²) in [5.74, 6) is -0.0285. The molecule has 1 amide bonds. The van der Waals surface area contributed by atoms with Crippen molar-refractivity contribution in [2.75, 3.05) is 19.8 Å². The summed E-state index contributed by atoms with van der Waals surface area (Å²) in [5.41, 5.74) is 3.36. The molecule has 1 aliphatic heterocycles. The molecule has 1 atom stereocenters. The van der Waals surface area contributed by atoms with Gasteiger partial charge in [0.1, 0.15) is 0 Å². The average Bonchev–Trinajstić information content (AvgIpc) is 3.28. The van der Waals surface area contributed by atoms with E-state index in [0.29, 0.717) is 18.8 Å². The normalized spacial score (nSPS) is 15.8. The highest BCUT2D eigenvalue weighted by Crippen LogP contribution is 2.23. The first-order chi connectivity index (χ1) is 14.2. The zero-order valence-electron chi connectivity index (χ0n) is 16.2. The van der Waals surface area contributed by atoms with Crippen molar-refractivity contribution in [1.29, 1.82) is 0 Å². The predicted octanol–water partition coefficient (Wildman–Crippen LogP) is 3.06. The molecule has 0 spiro atoms. The maximum absolute atomic E-state index is 12.6. The van der Waals surface area contributed by atoms with Gasteiger partial charge in [-0.3, -0.25) is 4.79 Å². The van der Waals surface area contributed by atoms with Crippen LogP contribution in [-0.2, 0) is 4.74 Å². The van der Waals surface area contributed by atoms with Gasteiger partial charge in [-0.1, -0.05) is 36.4 Å². The summed E-state index contributed by atoms with van der Waals surface area (Å²) in [6, 6.07) is 19.3. The standard InChI is InChI=1S/C23H25N3O3/c27-22(18-10-13-29-14-11-18)16-24-23(28)19-7-4-8-20(15-19)26-21(9-12-25-26)17-5-2-1-3-6-17/h1-9,12,15,18,22,27H,10-11,13-14,16H2,(H,24,28). The summed E-state index contributed by atoms with van der Waals surface area (Å²) in [7, 11) is 0. The number of nitrogens with one attached hydrogen (secondary N) is 1. The summed E-state index contributed by atoms with van der Waals surface area (Å²) in [4.78, 5) is 12.6. The van der Waals surface area contributed by atoms with Crippen LogP contribution in [0.4, 0.5) is 0 Å². The Morgan fingerprint density at radius 1 is 1.14 bits per heavy atom. The van der Waals surface area contributed by atoms with Crippen LogP contribution in [0.25, 0.3) is 16.9 Å². The third-order valence-electron chi connectivity index (χ3n) is 5.35. The van der Waals surface area contributed by atoms with Gasteiger partial charge in [0.15, 0.2) is 0 Å². The second-order valence-corrected chi connectivity index (χ2v) is 7.27. The number of hydrogen-bond donors (Lipinski definition) is 2. The Labute approximate surface area is 170 Å². The summed E-state index contributed by atoms with van der Waals surface area (Å²) in [5, 5.41) is 17.6. The average molecular weight is 391 g/mol. The van der Waals surface area contributed by atoms with Crippen LogP contribution in [0.2, 0.25) is 0 Å². The number of amides is 1. The molecule has 3 aromatic rings. The Hall–Kier alpha value is -2.96. The number of ether oxygens (including phenoxy) is 1. The van der Waals surface area contributed by atoms with Crippen molar-refractivity contribution in [2.24, 2.45) is 5.92 Å². The van der Waals surface area contributed by atoms with Gasteiger partial charge in [-0.05, 0) is 43.0 Å². The van der Waals surface area contributed by atoms with Crippen LogP contribution in [0.15, 0.2) is 66.9 Å². The van der Waals surface area contributed by atoms with E-state index in [4.69, 9.17) is 4.74 Å². The van der Waals surface area contributed by atoms with Crippen molar-refractivity contribution in [2.45, 2.75) is 18.9 Å². The Morgan fingerprint density at radius 2 is 1.93 bits per heavy atom. The molecule has 150 valence electrons. The molecule has 0 radical (unpaired) electrons. The smallest absolute Gasteiger partial charge is 0.251 e. The lowest BCUT2D eigenvalue weighted by molar-refractivity contribution is 0.00873. The largest absolute Gasteiger partial charge is 0.391 e. The molecule has 0 bridgehead atoms. The number of hydrogen-bond acceptors (Lipinski definition) is 4. The zero-order chi connectivity index (χ0) is 20.1. The fraction of sp³-hybridized carbons (Fsp3) is 0.304. The third-order valence-corrected chi connectivity index (χ3v) is 5.35. The van der Waals surface area contributed by atoms with Gasteiger partial charge in [0, 0.05) is 30.9 Å². The van der Waals surface area contributed by atoms with Crippen LogP contribution in [0.3, 0.4) is 0 Å². The zero-order valence-corrected chi connectivity index (χ0v) is 16.2. The number of carbonyl (C=O) groups is 1. The van der Waals surface area contributed by atoms with Crippen LogP contribution in [0.1, 0.15) is 23.2 Å². The van der Waals surface area contributed by atoms with E-state index >= 15 is 0 Å². The fourth-order valence-corrected chi connectivity index (χ4v) is 3.68. The molecule has 1 unspecified atom stereocenters. The lowest BCUT2D eigenvalue weighted by atomic mass is 9.94. The van der Waals surface area contributed by atoms with Crippen molar-refractivity contribution < 1.29 is 14.6 Å². The molecule has 0 aliphatic carbocycles. The summed E-state index contributed by atoms with van der Waals surface area (Å²) >= 11 is 0. The minimum Gasteiger partial charge on any atom is -0.391 e. The number of aliphatic hydroxyl groups is 1. The van der Waals surface area contributed by atoms with E-state index in [2.05, 4.69) is 10.4 Å². The highest BCUT2D eigenvalue weighted by Gasteiger charge is 2.22. The molecular formula is C23H25N3O3. The van der Waals surface area contributed by atoms with E-state index < -0.39 is 6.10 Å². The lowest BCUT2D eigenvalue weighted by Gasteiger charge is -2.26. The van der Waals surface area contributed by atoms with Gasteiger partial charge in [0.05, 0.1) is 23.7 Å².